The maximum atomic E-state index is 12.7. The molecule has 0 aliphatic heterocycles. The molecule has 1 amide bonds. The largest absolute Gasteiger partial charge is 0.507 e. The number of fused-ring (bicyclic) bond motifs is 1. The Balaban J connectivity index is 1.74. The van der Waals surface area contributed by atoms with Crippen LogP contribution in [0.25, 0.3) is 10.9 Å². The minimum atomic E-state index is -0.409. The lowest BCUT2D eigenvalue weighted by Crippen LogP contribution is -2.40. The first-order chi connectivity index (χ1) is 18.2. The van der Waals surface area contributed by atoms with Gasteiger partial charge in [0.2, 0.25) is 12.4 Å². The quantitative estimate of drug-likeness (QED) is 0.218. The topological polar surface area (TPSA) is 91.1 Å². The van der Waals surface area contributed by atoms with Gasteiger partial charge in [-0.2, -0.15) is 4.57 Å². The zero-order valence-electron chi connectivity index (χ0n) is 24.2. The number of carbonyl (C=O) groups excluding carboxylic acids is 1. The van der Waals surface area contributed by atoms with Crippen molar-refractivity contribution < 1.29 is 19.6 Å². The highest BCUT2D eigenvalue weighted by molar-refractivity contribution is 5.95. The molecule has 0 fully saturated rings. The molecule has 2 heterocycles. The number of nitrogens with zero attached hydrogens (tertiary/aromatic N) is 4. The van der Waals surface area contributed by atoms with Crippen LogP contribution in [0.1, 0.15) is 69.5 Å². The number of azo groups is 1. The second-order valence-electron chi connectivity index (χ2n) is 12.3. The standard InChI is InChI=1S/C32H38N4O3/c1-20-12-11-15-35(21(20)2)19-27(37)33-34-28-23-13-9-10-14-26(23)36(30(28)39)18-22-16-24(31(3,4)5)29(38)25(17-22)32(6,7)8/h9-17H,18-19H2,1-8H3,(H-,33,37,38,39)/p+1. The smallest absolute Gasteiger partial charge is 0.329 e. The Kier molecular flexibility index (Phi) is 7.39. The molecule has 0 atom stereocenters. The Morgan fingerprint density at radius 3 is 2.15 bits per heavy atom. The van der Waals surface area contributed by atoms with Crippen molar-refractivity contribution in [3.63, 3.8) is 0 Å². The van der Waals surface area contributed by atoms with Crippen LogP contribution in [-0.2, 0) is 28.7 Å². The fourth-order valence-corrected chi connectivity index (χ4v) is 4.85. The average Bonchev–Trinajstić information content (AvgIpc) is 3.10. The summed E-state index contributed by atoms with van der Waals surface area (Å²) >= 11 is 0. The number of rotatable bonds is 5. The number of hydrogen-bond donors (Lipinski definition) is 2. The number of hydrogen-bond acceptors (Lipinski definition) is 4. The molecule has 0 bridgehead atoms. The second-order valence-corrected chi connectivity index (χ2v) is 12.3. The van der Waals surface area contributed by atoms with Gasteiger partial charge in [-0.1, -0.05) is 59.7 Å². The first kappa shape index (κ1) is 28.0. The minimum Gasteiger partial charge on any atom is -0.507 e. The van der Waals surface area contributed by atoms with Crippen molar-refractivity contribution in [1.82, 2.24) is 4.57 Å². The van der Waals surface area contributed by atoms with Gasteiger partial charge in [0.25, 0.3) is 0 Å². The molecule has 0 unspecified atom stereocenters. The summed E-state index contributed by atoms with van der Waals surface area (Å²) in [4.78, 5) is 12.7. The number of para-hydroxylation sites is 1. The molecular weight excluding hydrogens is 488 g/mol. The van der Waals surface area contributed by atoms with Crippen LogP contribution < -0.4 is 4.57 Å². The number of benzene rings is 2. The van der Waals surface area contributed by atoms with E-state index in [4.69, 9.17) is 0 Å². The fraction of sp³-hybridized carbons (Fsp3) is 0.375. The van der Waals surface area contributed by atoms with Gasteiger partial charge >= 0.3 is 5.91 Å². The predicted octanol–water partition coefficient (Wildman–Crippen LogP) is 6.91. The normalized spacial score (nSPS) is 12.5. The van der Waals surface area contributed by atoms with E-state index < -0.39 is 5.91 Å². The summed E-state index contributed by atoms with van der Waals surface area (Å²) in [6, 6.07) is 15.4. The zero-order chi connectivity index (χ0) is 28.7. The van der Waals surface area contributed by atoms with Gasteiger partial charge in [0.15, 0.2) is 17.6 Å². The van der Waals surface area contributed by atoms with Gasteiger partial charge in [0, 0.05) is 23.9 Å². The van der Waals surface area contributed by atoms with Crippen LogP contribution >= 0.6 is 0 Å². The number of aryl methyl sites for hydroxylation is 1. The second kappa shape index (κ2) is 10.3. The number of amides is 1. The molecule has 0 spiro atoms. The average molecular weight is 528 g/mol. The first-order valence-electron chi connectivity index (χ1n) is 13.3. The summed E-state index contributed by atoms with van der Waals surface area (Å²) in [5, 5.41) is 31.3. The molecule has 0 aliphatic carbocycles. The van der Waals surface area contributed by atoms with Crippen LogP contribution in [0, 0.1) is 13.8 Å². The maximum absolute atomic E-state index is 12.7. The number of phenols is 1. The first-order valence-corrected chi connectivity index (χ1v) is 13.3. The van der Waals surface area contributed by atoms with Crippen molar-refractivity contribution in [3.05, 3.63) is 82.7 Å². The molecule has 7 nitrogen and oxygen atoms in total. The van der Waals surface area contributed by atoms with Crippen molar-refractivity contribution in [3.8, 4) is 11.6 Å². The lowest BCUT2D eigenvalue weighted by molar-refractivity contribution is -0.690. The molecule has 204 valence electrons. The van der Waals surface area contributed by atoms with Crippen LogP contribution in [-0.4, -0.2) is 20.7 Å². The van der Waals surface area contributed by atoms with Crippen molar-refractivity contribution in [2.75, 3.05) is 0 Å². The van der Waals surface area contributed by atoms with E-state index >= 15 is 0 Å². The number of phenolic OH excluding ortho intramolecular Hbond substituents is 1. The maximum Gasteiger partial charge on any atom is 0.329 e. The predicted molar refractivity (Wildman–Crippen MR) is 154 cm³/mol. The van der Waals surface area contributed by atoms with Gasteiger partial charge in [-0.05, 0) is 58.7 Å². The number of carbonyl (C=O) groups is 1. The SMILES string of the molecule is Cc1ccc[n+](CC(=O)N=Nc2c(O)n(Cc3cc(C(C)(C)C)c(O)c(C(C)(C)C)c3)c3ccccc23)c1C. The van der Waals surface area contributed by atoms with Gasteiger partial charge in [-0.25, -0.2) is 0 Å². The third-order valence-electron chi connectivity index (χ3n) is 7.22. The van der Waals surface area contributed by atoms with E-state index in [0.717, 1.165) is 33.5 Å². The summed E-state index contributed by atoms with van der Waals surface area (Å²) in [7, 11) is 0. The van der Waals surface area contributed by atoms with Gasteiger partial charge in [-0.3, -0.25) is 4.79 Å². The van der Waals surface area contributed by atoms with Crippen LogP contribution in [0.4, 0.5) is 5.69 Å². The molecule has 0 aliphatic rings. The molecule has 2 aromatic heterocycles. The summed E-state index contributed by atoms with van der Waals surface area (Å²) in [5.41, 5.74) is 5.23. The van der Waals surface area contributed by atoms with Crippen molar-refractivity contribution in [2.45, 2.75) is 79.3 Å². The Labute approximate surface area is 230 Å². The number of aromatic hydroxyl groups is 2. The summed E-state index contributed by atoms with van der Waals surface area (Å²) in [6.45, 7) is 16.8. The molecule has 4 rings (SSSR count). The minimum absolute atomic E-state index is 0.0603. The molecular formula is C32H39N4O3+. The molecule has 2 N–H and O–H groups in total. The molecule has 2 aromatic carbocycles. The van der Waals surface area contributed by atoms with E-state index in [0.29, 0.717) is 17.7 Å². The van der Waals surface area contributed by atoms with Crippen LogP contribution in [0.5, 0.6) is 11.6 Å². The van der Waals surface area contributed by atoms with Crippen LogP contribution in [0.3, 0.4) is 0 Å². The van der Waals surface area contributed by atoms with Gasteiger partial charge in [-0.15, -0.1) is 10.2 Å². The van der Waals surface area contributed by atoms with E-state index in [9.17, 15) is 15.0 Å². The molecule has 4 aromatic rings. The van der Waals surface area contributed by atoms with E-state index in [1.165, 1.54) is 0 Å². The summed E-state index contributed by atoms with van der Waals surface area (Å²) in [5.74, 6) is -0.155. The van der Waals surface area contributed by atoms with Crippen molar-refractivity contribution in [2.24, 2.45) is 10.2 Å². The molecule has 7 heteroatoms. The highest BCUT2D eigenvalue weighted by Crippen LogP contribution is 2.42. The third kappa shape index (κ3) is 5.72. The highest BCUT2D eigenvalue weighted by Gasteiger charge is 2.27. The van der Waals surface area contributed by atoms with Crippen molar-refractivity contribution >= 4 is 22.5 Å². The van der Waals surface area contributed by atoms with Gasteiger partial charge in [0.1, 0.15) is 5.75 Å². The number of aromatic nitrogens is 2. The van der Waals surface area contributed by atoms with E-state index in [2.05, 4.69) is 51.8 Å². The van der Waals surface area contributed by atoms with Gasteiger partial charge in [0.05, 0.1) is 12.1 Å². The number of pyridine rings is 1. The monoisotopic (exact) mass is 527 g/mol. The Morgan fingerprint density at radius 2 is 1.54 bits per heavy atom. The van der Waals surface area contributed by atoms with Gasteiger partial charge < -0.3 is 14.8 Å². The van der Waals surface area contributed by atoms with Crippen LogP contribution in [0.15, 0.2) is 65.0 Å². The Bertz CT molecular complexity index is 1550. The van der Waals surface area contributed by atoms with E-state index in [1.807, 2.05) is 73.1 Å². The Hall–Kier alpha value is -4.00. The molecule has 39 heavy (non-hydrogen) atoms. The van der Waals surface area contributed by atoms with Crippen molar-refractivity contribution in [1.29, 1.82) is 0 Å². The highest BCUT2D eigenvalue weighted by atomic mass is 16.3. The Morgan fingerprint density at radius 1 is 0.923 bits per heavy atom. The lowest BCUT2D eigenvalue weighted by atomic mass is 9.78. The summed E-state index contributed by atoms with van der Waals surface area (Å²) < 4.78 is 3.61. The molecule has 0 saturated carbocycles. The molecule has 0 radical (unpaired) electrons. The van der Waals surface area contributed by atoms with Crippen LogP contribution in [0.2, 0.25) is 0 Å². The van der Waals surface area contributed by atoms with E-state index in [-0.39, 0.29) is 28.9 Å². The zero-order valence-corrected chi connectivity index (χ0v) is 24.2. The lowest BCUT2D eigenvalue weighted by Gasteiger charge is -2.28. The van der Waals surface area contributed by atoms with E-state index in [1.54, 1.807) is 4.57 Å². The third-order valence-corrected chi connectivity index (χ3v) is 7.22. The fourth-order valence-electron chi connectivity index (χ4n) is 4.85. The summed E-state index contributed by atoms with van der Waals surface area (Å²) in [6.07, 6.45) is 1.84. The molecule has 0 saturated heterocycles.